The third kappa shape index (κ3) is 2.46. The maximum atomic E-state index is 12.6. The summed E-state index contributed by atoms with van der Waals surface area (Å²) in [7, 11) is 0. The summed E-state index contributed by atoms with van der Waals surface area (Å²) in [6.07, 6.45) is 0. The number of esters is 1. The van der Waals surface area contributed by atoms with E-state index in [1.165, 1.54) is 18.2 Å². The highest BCUT2D eigenvalue weighted by Crippen LogP contribution is 2.34. The topological polar surface area (TPSA) is 88.1 Å². The molecule has 1 aromatic carbocycles. The first-order valence-corrected chi connectivity index (χ1v) is 7.54. The molecule has 2 atom stereocenters. The van der Waals surface area contributed by atoms with Gasteiger partial charge < -0.3 is 4.74 Å². The van der Waals surface area contributed by atoms with Crippen LogP contribution in [0.4, 0.5) is 5.69 Å². The third-order valence-electron chi connectivity index (χ3n) is 3.57. The van der Waals surface area contributed by atoms with Gasteiger partial charge in [0.05, 0.1) is 22.3 Å². The van der Waals surface area contributed by atoms with Crippen molar-refractivity contribution in [3.05, 3.63) is 28.2 Å². The molecule has 0 aliphatic carbocycles. The quantitative estimate of drug-likeness (QED) is 0.653. The van der Waals surface area contributed by atoms with Crippen LogP contribution in [0.1, 0.15) is 6.92 Å². The van der Waals surface area contributed by atoms with Crippen LogP contribution in [0.15, 0.2) is 23.3 Å². The van der Waals surface area contributed by atoms with Crippen molar-refractivity contribution in [3.8, 4) is 0 Å². The molecule has 1 N–H and O–H groups in total. The number of nitrogens with one attached hydrogen (secondary N) is 1. The monoisotopic (exact) mass is 355 g/mol. The predicted molar refractivity (Wildman–Crippen MR) is 83.4 cm³/mol. The van der Waals surface area contributed by atoms with Crippen LogP contribution in [0.3, 0.4) is 0 Å². The number of nitrogens with zero attached hydrogens (tertiary/aromatic N) is 2. The summed E-state index contributed by atoms with van der Waals surface area (Å²) in [5, 5.41) is 4.30. The van der Waals surface area contributed by atoms with Crippen LogP contribution in [-0.4, -0.2) is 36.1 Å². The molecule has 0 radical (unpaired) electrons. The first-order chi connectivity index (χ1) is 11.0. The fraction of sp³-hybridized carbons (Fsp3) is 0.286. The van der Waals surface area contributed by atoms with E-state index in [2.05, 4.69) is 10.5 Å². The molecule has 23 heavy (non-hydrogen) atoms. The zero-order valence-electron chi connectivity index (χ0n) is 11.9. The number of ether oxygens (including phenoxy) is 1. The second-order valence-corrected chi connectivity index (χ2v) is 5.73. The molecule has 2 aliphatic heterocycles. The number of hydrazone groups is 1. The van der Waals surface area contributed by atoms with Gasteiger partial charge >= 0.3 is 5.97 Å². The molecule has 0 aromatic heterocycles. The molecule has 2 amide bonds. The molecule has 9 heteroatoms. The van der Waals surface area contributed by atoms with Gasteiger partial charge in [0.2, 0.25) is 5.91 Å². The van der Waals surface area contributed by atoms with Crippen LogP contribution in [0.2, 0.25) is 10.0 Å². The Morgan fingerprint density at radius 3 is 2.70 bits per heavy atom. The first kappa shape index (κ1) is 15.8. The first-order valence-electron chi connectivity index (χ1n) is 6.78. The Bertz CT molecular complexity index is 750. The van der Waals surface area contributed by atoms with Crippen molar-refractivity contribution in [2.45, 2.75) is 13.0 Å². The van der Waals surface area contributed by atoms with Gasteiger partial charge in [0, 0.05) is 0 Å². The molecule has 0 unspecified atom stereocenters. The van der Waals surface area contributed by atoms with Crippen molar-refractivity contribution in [3.63, 3.8) is 0 Å². The van der Waals surface area contributed by atoms with Crippen molar-refractivity contribution in [1.82, 2.24) is 5.43 Å². The number of hydrogen-bond donors (Lipinski definition) is 1. The number of hydrogen-bond acceptors (Lipinski definition) is 6. The highest BCUT2D eigenvalue weighted by molar-refractivity contribution is 6.47. The molecule has 7 nitrogen and oxygen atoms in total. The van der Waals surface area contributed by atoms with Crippen molar-refractivity contribution in [1.29, 1.82) is 0 Å². The number of carbonyl (C=O) groups excluding carboxylic acids is 3. The molecular weight excluding hydrogens is 345 g/mol. The van der Waals surface area contributed by atoms with Gasteiger partial charge in [-0.25, -0.2) is 9.69 Å². The van der Waals surface area contributed by atoms with Crippen LogP contribution in [0.25, 0.3) is 0 Å². The van der Waals surface area contributed by atoms with Gasteiger partial charge in [0.25, 0.3) is 5.91 Å². The maximum absolute atomic E-state index is 12.6. The molecule has 0 saturated carbocycles. The summed E-state index contributed by atoms with van der Waals surface area (Å²) >= 11 is 11.8. The number of anilines is 1. The van der Waals surface area contributed by atoms with Gasteiger partial charge in [0.15, 0.2) is 5.71 Å². The number of imide groups is 1. The molecule has 2 aliphatic rings. The minimum Gasteiger partial charge on any atom is -0.461 e. The standard InChI is InChI=1S/C14H11Cl2N3O4/c1-2-23-14(22)11-9-10(17-18-11)13(21)19(12(9)20)6-3-4-7(15)8(16)5-6/h3-5,9-10,17H,2H2,1H3/t9-,10+/m0/s1. The summed E-state index contributed by atoms with van der Waals surface area (Å²) in [6, 6.07) is 3.49. The Morgan fingerprint density at radius 2 is 2.04 bits per heavy atom. The Balaban J connectivity index is 1.93. The molecule has 120 valence electrons. The number of fused-ring (bicyclic) bond motifs is 1. The van der Waals surface area contributed by atoms with Crippen LogP contribution in [-0.2, 0) is 19.1 Å². The van der Waals surface area contributed by atoms with Gasteiger partial charge in [-0.3, -0.25) is 15.0 Å². The average Bonchev–Trinajstić information content (AvgIpc) is 3.04. The van der Waals surface area contributed by atoms with E-state index < -0.39 is 29.7 Å². The number of carbonyl (C=O) groups is 3. The highest BCUT2D eigenvalue weighted by Gasteiger charge is 2.55. The zero-order valence-corrected chi connectivity index (χ0v) is 13.4. The second-order valence-electron chi connectivity index (χ2n) is 4.91. The molecule has 0 bridgehead atoms. The van der Waals surface area contributed by atoms with E-state index in [4.69, 9.17) is 27.9 Å². The van der Waals surface area contributed by atoms with E-state index in [0.29, 0.717) is 5.02 Å². The molecular formula is C14H11Cl2N3O4. The lowest BCUT2D eigenvalue weighted by molar-refractivity contribution is -0.136. The van der Waals surface area contributed by atoms with Crippen LogP contribution < -0.4 is 10.3 Å². The normalized spacial score (nSPS) is 22.7. The van der Waals surface area contributed by atoms with E-state index in [1.807, 2.05) is 0 Å². The van der Waals surface area contributed by atoms with Crippen LogP contribution in [0, 0.1) is 5.92 Å². The summed E-state index contributed by atoms with van der Waals surface area (Å²) in [4.78, 5) is 37.9. The SMILES string of the molecule is CCOC(=O)C1=NN[C@H]2C(=O)N(c3ccc(Cl)c(Cl)c3)C(=O)[C@H]12. The Hall–Kier alpha value is -2.12. The Labute approximate surface area is 141 Å². The van der Waals surface area contributed by atoms with E-state index in [1.54, 1.807) is 6.92 Å². The molecule has 0 spiro atoms. The number of benzene rings is 1. The van der Waals surface area contributed by atoms with Crippen molar-refractivity contribution < 1.29 is 19.1 Å². The average molecular weight is 356 g/mol. The second kappa shape index (κ2) is 5.82. The fourth-order valence-corrected chi connectivity index (χ4v) is 2.83. The van der Waals surface area contributed by atoms with Crippen molar-refractivity contribution in [2.24, 2.45) is 11.0 Å². The van der Waals surface area contributed by atoms with Gasteiger partial charge in [-0.15, -0.1) is 0 Å². The zero-order chi connectivity index (χ0) is 16.7. The van der Waals surface area contributed by atoms with Crippen molar-refractivity contribution in [2.75, 3.05) is 11.5 Å². The third-order valence-corrected chi connectivity index (χ3v) is 4.31. The summed E-state index contributed by atoms with van der Waals surface area (Å²) in [5.74, 6) is -2.79. The maximum Gasteiger partial charge on any atom is 0.355 e. The van der Waals surface area contributed by atoms with E-state index in [9.17, 15) is 14.4 Å². The number of halogens is 2. The number of rotatable bonds is 3. The Kier molecular flexibility index (Phi) is 3.99. The minimum absolute atomic E-state index is 0.0993. The highest BCUT2D eigenvalue weighted by atomic mass is 35.5. The van der Waals surface area contributed by atoms with Crippen LogP contribution >= 0.6 is 23.2 Å². The minimum atomic E-state index is -1.00. The molecule has 2 heterocycles. The summed E-state index contributed by atoms with van der Waals surface area (Å²) in [6.45, 7) is 1.79. The van der Waals surface area contributed by atoms with Gasteiger partial charge in [-0.05, 0) is 25.1 Å². The Morgan fingerprint density at radius 1 is 1.30 bits per heavy atom. The van der Waals surface area contributed by atoms with Crippen molar-refractivity contribution >= 4 is 52.4 Å². The molecule has 1 fully saturated rings. The largest absolute Gasteiger partial charge is 0.461 e. The van der Waals surface area contributed by atoms with E-state index in [-0.39, 0.29) is 23.0 Å². The summed E-state index contributed by atoms with van der Waals surface area (Å²) < 4.78 is 4.86. The molecule has 1 saturated heterocycles. The molecule has 3 rings (SSSR count). The lowest BCUT2D eigenvalue weighted by Crippen LogP contribution is -2.36. The van der Waals surface area contributed by atoms with Crippen LogP contribution in [0.5, 0.6) is 0 Å². The fourth-order valence-electron chi connectivity index (χ4n) is 2.54. The van der Waals surface area contributed by atoms with Gasteiger partial charge in [-0.2, -0.15) is 5.10 Å². The van der Waals surface area contributed by atoms with E-state index >= 15 is 0 Å². The lowest BCUT2D eigenvalue weighted by atomic mass is 9.99. The van der Waals surface area contributed by atoms with Gasteiger partial charge in [0.1, 0.15) is 12.0 Å². The summed E-state index contributed by atoms with van der Waals surface area (Å²) in [5.41, 5.74) is 2.72. The smallest absolute Gasteiger partial charge is 0.355 e. The predicted octanol–water partition coefficient (Wildman–Crippen LogP) is 1.37. The molecule has 1 aromatic rings. The number of amides is 2. The van der Waals surface area contributed by atoms with Gasteiger partial charge in [-0.1, -0.05) is 23.2 Å². The lowest BCUT2D eigenvalue weighted by Gasteiger charge is -2.16. The van der Waals surface area contributed by atoms with E-state index in [0.717, 1.165) is 4.90 Å².